The van der Waals surface area contributed by atoms with Gasteiger partial charge in [0, 0.05) is 12.2 Å². The number of amides is 1. The Labute approximate surface area is 124 Å². The average Bonchev–Trinajstić information content (AvgIpc) is 2.50. The van der Waals surface area contributed by atoms with Crippen LogP contribution in [0, 0.1) is 0 Å². The minimum Gasteiger partial charge on any atom is -0.315 e. The molecule has 2 nitrogen and oxygen atoms in total. The molecular weight excluding hydrogens is 246 g/mol. The van der Waals surface area contributed by atoms with E-state index in [0.29, 0.717) is 0 Å². The summed E-state index contributed by atoms with van der Waals surface area (Å²) in [4.78, 5) is 12.9. The number of hydrogen-bond donors (Lipinski definition) is 0. The summed E-state index contributed by atoms with van der Waals surface area (Å²) >= 11 is 0. The van der Waals surface area contributed by atoms with Gasteiger partial charge in [-0.15, -0.1) is 0 Å². The summed E-state index contributed by atoms with van der Waals surface area (Å²) in [6, 6.07) is 9.90. The molecule has 20 heavy (non-hydrogen) atoms. The Kier molecular flexibility index (Phi) is 9.64. The fourth-order valence-corrected chi connectivity index (χ4v) is 2.45. The van der Waals surface area contributed by atoms with Crippen molar-refractivity contribution in [3.05, 3.63) is 30.3 Å². The highest BCUT2D eigenvalue weighted by atomic mass is 16.1. The Balaban J connectivity index is 2.04. The third-order valence-corrected chi connectivity index (χ3v) is 3.72. The maximum Gasteiger partial charge on any atom is 0.214 e. The highest BCUT2D eigenvalue weighted by Crippen LogP contribution is 2.14. The second kappa shape index (κ2) is 11.5. The van der Waals surface area contributed by atoms with Crippen LogP contribution in [0.3, 0.4) is 0 Å². The van der Waals surface area contributed by atoms with E-state index in [1.54, 1.807) is 4.90 Å². The van der Waals surface area contributed by atoms with Crippen molar-refractivity contribution in [3.8, 4) is 0 Å². The summed E-state index contributed by atoms with van der Waals surface area (Å²) < 4.78 is 0. The Hall–Kier alpha value is -1.31. The summed E-state index contributed by atoms with van der Waals surface area (Å²) in [5.41, 5.74) is 1.00. The van der Waals surface area contributed by atoms with Gasteiger partial charge < -0.3 is 4.90 Å². The highest BCUT2D eigenvalue weighted by molar-refractivity contribution is 5.74. The predicted molar refractivity (Wildman–Crippen MR) is 87.1 cm³/mol. The monoisotopic (exact) mass is 275 g/mol. The zero-order chi connectivity index (χ0) is 14.5. The molecule has 0 aliphatic carbocycles. The molecule has 0 fully saturated rings. The van der Waals surface area contributed by atoms with Crippen LogP contribution in [0.1, 0.15) is 64.7 Å². The third kappa shape index (κ3) is 7.32. The van der Waals surface area contributed by atoms with Gasteiger partial charge in [0.15, 0.2) is 0 Å². The van der Waals surface area contributed by atoms with Crippen LogP contribution >= 0.6 is 0 Å². The van der Waals surface area contributed by atoms with Crippen molar-refractivity contribution in [1.82, 2.24) is 0 Å². The summed E-state index contributed by atoms with van der Waals surface area (Å²) in [6.07, 6.45) is 12.8. The van der Waals surface area contributed by atoms with Crippen LogP contribution in [-0.2, 0) is 4.79 Å². The molecule has 0 aliphatic heterocycles. The Morgan fingerprint density at radius 3 is 1.95 bits per heavy atom. The van der Waals surface area contributed by atoms with Gasteiger partial charge in [-0.05, 0) is 18.6 Å². The minimum atomic E-state index is 0.837. The van der Waals surface area contributed by atoms with Crippen molar-refractivity contribution >= 4 is 12.1 Å². The van der Waals surface area contributed by atoms with E-state index >= 15 is 0 Å². The van der Waals surface area contributed by atoms with Crippen molar-refractivity contribution in [2.45, 2.75) is 64.7 Å². The second-order valence-corrected chi connectivity index (χ2v) is 5.46. The maximum atomic E-state index is 11.1. The van der Waals surface area contributed by atoms with E-state index in [1.165, 1.54) is 51.4 Å². The van der Waals surface area contributed by atoms with E-state index in [9.17, 15) is 4.79 Å². The third-order valence-electron chi connectivity index (χ3n) is 3.72. The molecule has 1 rings (SSSR count). The average molecular weight is 275 g/mol. The van der Waals surface area contributed by atoms with Crippen molar-refractivity contribution in [2.24, 2.45) is 0 Å². The van der Waals surface area contributed by atoms with Gasteiger partial charge in [-0.2, -0.15) is 0 Å². The molecule has 0 N–H and O–H groups in total. The van der Waals surface area contributed by atoms with E-state index in [4.69, 9.17) is 0 Å². The van der Waals surface area contributed by atoms with Gasteiger partial charge >= 0.3 is 0 Å². The number of benzene rings is 1. The fourth-order valence-electron chi connectivity index (χ4n) is 2.45. The number of hydrogen-bond acceptors (Lipinski definition) is 1. The lowest BCUT2D eigenvalue weighted by molar-refractivity contribution is -0.107. The van der Waals surface area contributed by atoms with E-state index in [0.717, 1.165) is 25.1 Å². The van der Waals surface area contributed by atoms with Crippen LogP contribution in [0.4, 0.5) is 5.69 Å². The molecule has 0 atom stereocenters. The molecule has 0 radical (unpaired) electrons. The first-order valence-corrected chi connectivity index (χ1v) is 8.15. The zero-order valence-corrected chi connectivity index (χ0v) is 12.9. The van der Waals surface area contributed by atoms with Crippen LogP contribution in [0.5, 0.6) is 0 Å². The van der Waals surface area contributed by atoms with E-state index < -0.39 is 0 Å². The number of unbranched alkanes of at least 4 members (excludes halogenated alkanes) is 8. The Bertz CT molecular complexity index is 337. The van der Waals surface area contributed by atoms with Crippen molar-refractivity contribution in [1.29, 1.82) is 0 Å². The molecule has 0 aliphatic rings. The van der Waals surface area contributed by atoms with Crippen LogP contribution in [0.2, 0.25) is 0 Å². The lowest BCUT2D eigenvalue weighted by atomic mass is 10.1. The minimum absolute atomic E-state index is 0.837. The lowest BCUT2D eigenvalue weighted by Crippen LogP contribution is -2.22. The van der Waals surface area contributed by atoms with Gasteiger partial charge in [0.25, 0.3) is 0 Å². The number of carbonyl (C=O) groups excluding carboxylic acids is 1. The quantitative estimate of drug-likeness (QED) is 0.380. The Morgan fingerprint density at radius 2 is 1.40 bits per heavy atom. The van der Waals surface area contributed by atoms with Gasteiger partial charge in [-0.25, -0.2) is 0 Å². The van der Waals surface area contributed by atoms with E-state index in [1.807, 2.05) is 30.3 Å². The van der Waals surface area contributed by atoms with Crippen molar-refractivity contribution < 1.29 is 4.79 Å². The first-order chi connectivity index (χ1) is 9.88. The molecule has 0 saturated carbocycles. The van der Waals surface area contributed by atoms with E-state index in [-0.39, 0.29) is 0 Å². The molecule has 2 heteroatoms. The normalized spacial score (nSPS) is 10.4. The van der Waals surface area contributed by atoms with Gasteiger partial charge in [0.1, 0.15) is 0 Å². The molecule has 0 heterocycles. The van der Waals surface area contributed by atoms with Gasteiger partial charge in [0.05, 0.1) is 0 Å². The molecule has 0 aromatic heterocycles. The number of para-hydroxylation sites is 1. The standard InChI is InChI=1S/C18H29NO/c1-2-3-4-5-6-7-8-9-13-16-19(17-20)18-14-11-10-12-15-18/h10-12,14-15,17H,2-9,13,16H2,1H3. The molecule has 1 aromatic rings. The lowest BCUT2D eigenvalue weighted by Gasteiger charge is -2.17. The summed E-state index contributed by atoms with van der Waals surface area (Å²) in [6.45, 7) is 3.09. The second-order valence-electron chi connectivity index (χ2n) is 5.46. The van der Waals surface area contributed by atoms with Gasteiger partial charge in [-0.1, -0.05) is 76.5 Å². The first-order valence-electron chi connectivity index (χ1n) is 8.15. The predicted octanol–water partition coefficient (Wildman–Crippen LogP) is 5.18. The largest absolute Gasteiger partial charge is 0.315 e. The van der Waals surface area contributed by atoms with Crippen LogP contribution in [0.25, 0.3) is 0 Å². The molecule has 1 amide bonds. The van der Waals surface area contributed by atoms with Crippen molar-refractivity contribution in [3.63, 3.8) is 0 Å². The molecule has 0 saturated heterocycles. The molecule has 112 valence electrons. The summed E-state index contributed by atoms with van der Waals surface area (Å²) in [7, 11) is 0. The topological polar surface area (TPSA) is 20.3 Å². The molecular formula is C18H29NO. The molecule has 0 spiro atoms. The highest BCUT2D eigenvalue weighted by Gasteiger charge is 2.03. The molecule has 1 aromatic carbocycles. The maximum absolute atomic E-state index is 11.1. The number of anilines is 1. The first kappa shape index (κ1) is 16.7. The number of nitrogens with zero attached hydrogens (tertiary/aromatic N) is 1. The van der Waals surface area contributed by atoms with Crippen molar-refractivity contribution in [2.75, 3.05) is 11.4 Å². The zero-order valence-electron chi connectivity index (χ0n) is 12.9. The molecule has 0 unspecified atom stereocenters. The van der Waals surface area contributed by atoms with Crippen LogP contribution in [0.15, 0.2) is 30.3 Å². The summed E-state index contributed by atoms with van der Waals surface area (Å²) in [5, 5.41) is 0. The van der Waals surface area contributed by atoms with Crippen LogP contribution in [-0.4, -0.2) is 13.0 Å². The smallest absolute Gasteiger partial charge is 0.214 e. The Morgan fingerprint density at radius 1 is 0.850 bits per heavy atom. The van der Waals surface area contributed by atoms with Gasteiger partial charge in [0.2, 0.25) is 6.41 Å². The SMILES string of the molecule is CCCCCCCCCCCN(C=O)c1ccccc1. The number of rotatable bonds is 12. The number of carbonyl (C=O) groups is 1. The summed E-state index contributed by atoms with van der Waals surface area (Å²) in [5.74, 6) is 0. The van der Waals surface area contributed by atoms with Crippen LogP contribution < -0.4 is 4.90 Å². The molecule has 0 bridgehead atoms. The van der Waals surface area contributed by atoms with Gasteiger partial charge in [-0.3, -0.25) is 4.79 Å². The fraction of sp³-hybridized carbons (Fsp3) is 0.611. The van der Waals surface area contributed by atoms with E-state index in [2.05, 4.69) is 6.92 Å².